The van der Waals surface area contributed by atoms with Crippen LogP contribution in [-0.2, 0) is 16.0 Å². The van der Waals surface area contributed by atoms with E-state index in [1.165, 1.54) is 0 Å². The number of hydrogen-bond acceptors (Lipinski definition) is 5. The van der Waals surface area contributed by atoms with Gasteiger partial charge in [-0.15, -0.1) is 0 Å². The number of ether oxygens (including phenoxy) is 1. The van der Waals surface area contributed by atoms with Crippen LogP contribution >= 0.6 is 0 Å². The molecule has 18 heavy (non-hydrogen) atoms. The average molecular weight is 265 g/mol. The van der Waals surface area contributed by atoms with E-state index in [4.69, 9.17) is 4.84 Å². The molecule has 0 saturated heterocycles. The third-order valence-electron chi connectivity index (χ3n) is 1.76. The van der Waals surface area contributed by atoms with Crippen LogP contribution in [0, 0.1) is 6.92 Å². The maximum atomic E-state index is 11.2. The minimum atomic E-state index is -2.85. The smallest absolute Gasteiger partial charge is 0.753 e. The van der Waals surface area contributed by atoms with E-state index in [9.17, 15) is 13.6 Å². The Bertz CT molecular complexity index is 411. The molecule has 1 aromatic carbocycles. The van der Waals surface area contributed by atoms with Crippen molar-refractivity contribution in [3.63, 3.8) is 0 Å². The number of rotatable bonds is 4. The molecule has 94 valence electrons. The Labute approximate surface area is 120 Å². The van der Waals surface area contributed by atoms with Gasteiger partial charge in [0.15, 0.2) is 5.75 Å². The second-order valence-electron chi connectivity index (χ2n) is 3.08. The van der Waals surface area contributed by atoms with Gasteiger partial charge in [-0.05, 0) is 26.0 Å². The van der Waals surface area contributed by atoms with E-state index >= 15 is 0 Å². The van der Waals surface area contributed by atoms with Crippen molar-refractivity contribution in [3.05, 3.63) is 29.8 Å². The summed E-state index contributed by atoms with van der Waals surface area (Å²) in [6.07, 6.45) is -1.08. The predicted molar refractivity (Wildman–Crippen MR) is 59.6 cm³/mol. The van der Waals surface area contributed by atoms with Gasteiger partial charge in [-0.3, -0.25) is 0 Å². The predicted octanol–water partition coefficient (Wildman–Crippen LogP) is -1.45. The summed E-state index contributed by atoms with van der Waals surface area (Å²) < 4.78 is 26.3. The van der Waals surface area contributed by atoms with Gasteiger partial charge in [-0.2, -0.15) is 0 Å². The van der Waals surface area contributed by atoms with Gasteiger partial charge in [0.1, 0.15) is 0 Å². The minimum absolute atomic E-state index is 0. The van der Waals surface area contributed by atoms with Crippen molar-refractivity contribution in [1.82, 2.24) is 4.47 Å². The number of hydrogen-bond donors (Lipinski definition) is 0. The molecule has 0 aliphatic rings. The van der Waals surface area contributed by atoms with Crippen molar-refractivity contribution in [2.24, 2.45) is 0 Å². The van der Waals surface area contributed by atoms with Gasteiger partial charge >= 0.3 is 25.0 Å². The molecule has 6 nitrogen and oxygen atoms in total. The molecule has 1 unspecified atom stereocenters. The van der Waals surface area contributed by atoms with Crippen LogP contribution in [0.15, 0.2) is 24.3 Å². The van der Waals surface area contributed by atoms with E-state index in [1.807, 2.05) is 6.92 Å². The first kappa shape index (κ1) is 17.0. The van der Waals surface area contributed by atoms with Crippen LogP contribution in [0.4, 0.5) is 4.79 Å². The molecule has 0 bridgehead atoms. The molecule has 0 saturated carbocycles. The first-order chi connectivity index (χ1) is 8.04. The molecule has 8 heteroatoms. The maximum absolute atomic E-state index is 11.2. The fourth-order valence-corrected chi connectivity index (χ4v) is 1.32. The second kappa shape index (κ2) is 8.16. The zero-order chi connectivity index (χ0) is 12.8. The van der Waals surface area contributed by atoms with Crippen molar-refractivity contribution in [1.29, 1.82) is 0 Å². The molecule has 0 radical (unpaired) electrons. The zero-order valence-electron chi connectivity index (χ0n) is 10.4. The Hall–Kier alpha value is -1.00. The van der Waals surface area contributed by atoms with E-state index in [1.54, 1.807) is 31.2 Å². The normalized spacial score (nSPS) is 11.1. The van der Waals surface area contributed by atoms with Crippen LogP contribution in [0.25, 0.3) is 0 Å². The van der Waals surface area contributed by atoms with Crippen molar-refractivity contribution in [3.8, 4) is 5.75 Å². The number of aryl methyl sites for hydroxylation is 1. The minimum Gasteiger partial charge on any atom is -0.753 e. The molecule has 0 aliphatic heterocycles. The van der Waals surface area contributed by atoms with Crippen LogP contribution in [0.5, 0.6) is 5.75 Å². The van der Waals surface area contributed by atoms with Gasteiger partial charge in [0.25, 0.3) is 0 Å². The molecule has 0 heterocycles. The third kappa shape index (κ3) is 5.10. The summed E-state index contributed by atoms with van der Waals surface area (Å²) in [5.74, 6) is 0.229. The molecule has 0 N–H and O–H groups in total. The maximum Gasteiger partial charge on any atom is 1.00 e. The Morgan fingerprint density at radius 3 is 2.39 bits per heavy atom. The summed E-state index contributed by atoms with van der Waals surface area (Å²) in [5.41, 5.74) is 0.989. The van der Waals surface area contributed by atoms with Gasteiger partial charge in [0, 0.05) is 0 Å². The zero-order valence-corrected chi connectivity index (χ0v) is 11.2. The summed E-state index contributed by atoms with van der Waals surface area (Å²) >= 11 is -2.85. The van der Waals surface area contributed by atoms with Gasteiger partial charge < -0.3 is 14.1 Å². The topological polar surface area (TPSA) is 78.9 Å². The molecule has 0 aromatic heterocycles. The molecule has 0 spiro atoms. The molecule has 1 rings (SSSR count). The molecule has 1 amide bonds. The number of nitrogens with zero attached hydrogens (tertiary/aromatic N) is 1. The van der Waals surface area contributed by atoms with Crippen molar-refractivity contribution in [2.75, 3.05) is 6.61 Å². The van der Waals surface area contributed by atoms with E-state index in [2.05, 4.69) is 4.74 Å². The number of carbonyl (C=O) groups is 1. The number of amides is 1. The summed E-state index contributed by atoms with van der Waals surface area (Å²) in [7, 11) is 0. The van der Waals surface area contributed by atoms with Crippen LogP contribution in [-0.4, -0.2) is 25.9 Å². The van der Waals surface area contributed by atoms with E-state index in [-0.39, 0.29) is 35.7 Å². The number of benzene rings is 1. The van der Waals surface area contributed by atoms with Crippen LogP contribution in [0.3, 0.4) is 0 Å². The standard InChI is InChI=1S/C10H13NO5S.Li/c1-3-15-10(12)11(17(13)14)16-9-6-4-8(2)5-7-9;/h4-7H,3H2,1-2H3,(H,13,14);/q;+1/p-1. The summed E-state index contributed by atoms with van der Waals surface area (Å²) in [5, 5.41) is 0. The fraction of sp³-hybridized carbons (Fsp3) is 0.300. The van der Waals surface area contributed by atoms with Crippen LogP contribution in [0.2, 0.25) is 0 Å². The fourth-order valence-electron chi connectivity index (χ4n) is 1.000. The van der Waals surface area contributed by atoms with Crippen molar-refractivity contribution < 1.29 is 42.0 Å². The van der Waals surface area contributed by atoms with E-state index in [0.29, 0.717) is 0 Å². The van der Waals surface area contributed by atoms with E-state index < -0.39 is 17.4 Å². The average Bonchev–Trinajstić information content (AvgIpc) is 2.28. The molecule has 0 fully saturated rings. The van der Waals surface area contributed by atoms with Crippen LogP contribution in [0.1, 0.15) is 12.5 Å². The number of hydroxylamine groups is 1. The molecule has 1 aromatic rings. The first-order valence-corrected chi connectivity index (χ1v) is 5.88. The van der Waals surface area contributed by atoms with Gasteiger partial charge in [-0.25, -0.2) is 9.00 Å². The summed E-state index contributed by atoms with van der Waals surface area (Å²) in [6.45, 7) is 3.50. The van der Waals surface area contributed by atoms with Crippen molar-refractivity contribution in [2.45, 2.75) is 13.8 Å². The van der Waals surface area contributed by atoms with Crippen molar-refractivity contribution >= 4 is 17.4 Å². The Kier molecular flexibility index (Phi) is 7.71. The first-order valence-electron chi connectivity index (χ1n) is 4.85. The van der Waals surface area contributed by atoms with Gasteiger partial charge in [0.05, 0.1) is 17.9 Å². The molecular weight excluding hydrogens is 253 g/mol. The SMILES string of the molecule is CCOC(=O)N(Oc1ccc(C)cc1)S(=O)[O-].[Li+]. The van der Waals surface area contributed by atoms with Gasteiger partial charge in [0.2, 0.25) is 0 Å². The van der Waals surface area contributed by atoms with Crippen LogP contribution < -0.4 is 23.7 Å². The molecule has 0 aliphatic carbocycles. The quantitative estimate of drug-likeness (QED) is 0.378. The number of carbonyl (C=O) groups excluding carboxylic acids is 1. The third-order valence-corrected chi connectivity index (χ3v) is 2.26. The monoisotopic (exact) mass is 265 g/mol. The summed E-state index contributed by atoms with van der Waals surface area (Å²) in [4.78, 5) is 16.1. The Balaban J connectivity index is 0.00000289. The van der Waals surface area contributed by atoms with Gasteiger partial charge in [-0.1, -0.05) is 22.2 Å². The second-order valence-corrected chi connectivity index (χ2v) is 3.84. The Morgan fingerprint density at radius 1 is 1.39 bits per heavy atom. The summed E-state index contributed by atoms with van der Waals surface area (Å²) in [6, 6.07) is 6.56. The molecule has 1 atom stereocenters. The largest absolute Gasteiger partial charge is 1.00 e. The molecular formula is C10H12LiNO5S. The Morgan fingerprint density at radius 2 is 1.94 bits per heavy atom. The van der Waals surface area contributed by atoms with E-state index in [0.717, 1.165) is 5.56 Å².